The van der Waals surface area contributed by atoms with E-state index in [1.165, 1.54) is 38.5 Å². The topological polar surface area (TPSA) is 56.3 Å². The van der Waals surface area contributed by atoms with Crippen LogP contribution in [0.3, 0.4) is 0 Å². The van der Waals surface area contributed by atoms with Gasteiger partial charge in [0.1, 0.15) is 18.1 Å². The van der Waals surface area contributed by atoms with Crippen molar-refractivity contribution in [3.63, 3.8) is 0 Å². The molecule has 5 heteroatoms. The second kappa shape index (κ2) is 11.5. The van der Waals surface area contributed by atoms with Crippen LogP contribution in [0.15, 0.2) is 61.1 Å². The van der Waals surface area contributed by atoms with E-state index in [1.807, 2.05) is 30.3 Å². The third-order valence-corrected chi connectivity index (χ3v) is 6.06. The molecule has 3 aromatic rings. The van der Waals surface area contributed by atoms with Crippen LogP contribution in [0.25, 0.3) is 0 Å². The summed E-state index contributed by atoms with van der Waals surface area (Å²) in [4.78, 5) is 8.30. The van der Waals surface area contributed by atoms with Gasteiger partial charge in [-0.2, -0.15) is 0 Å². The maximum atomic E-state index is 6.03. The zero-order chi connectivity index (χ0) is 22.0. The molecule has 0 aliphatic heterocycles. The van der Waals surface area contributed by atoms with E-state index in [-0.39, 0.29) is 0 Å². The highest BCUT2D eigenvalue weighted by Crippen LogP contribution is 2.29. The minimum Gasteiger partial charge on any atom is -0.494 e. The Bertz CT molecular complexity index is 972. The number of rotatable bonds is 10. The first-order chi connectivity index (χ1) is 15.8. The number of ether oxygens (including phenoxy) is 2. The van der Waals surface area contributed by atoms with Crippen LogP contribution in [-0.4, -0.2) is 16.6 Å². The highest BCUT2D eigenvalue weighted by atomic mass is 16.5. The van der Waals surface area contributed by atoms with Crippen molar-refractivity contribution in [2.45, 2.75) is 58.5 Å². The molecular formula is C27H33N3O2. The molecule has 0 atom stereocenters. The predicted molar refractivity (Wildman–Crippen MR) is 129 cm³/mol. The zero-order valence-corrected chi connectivity index (χ0v) is 18.9. The molecule has 1 aliphatic rings. The van der Waals surface area contributed by atoms with E-state index in [4.69, 9.17) is 9.47 Å². The Morgan fingerprint density at radius 3 is 2.66 bits per heavy atom. The van der Waals surface area contributed by atoms with Gasteiger partial charge >= 0.3 is 0 Å². The predicted octanol–water partition coefficient (Wildman–Crippen LogP) is 6.85. The lowest BCUT2D eigenvalue weighted by molar-refractivity contribution is 0.269. The highest BCUT2D eigenvalue weighted by Gasteiger charge is 2.12. The molecule has 0 saturated heterocycles. The molecule has 1 heterocycles. The smallest absolute Gasteiger partial charge is 0.132 e. The van der Waals surface area contributed by atoms with Gasteiger partial charge in [-0.3, -0.25) is 9.97 Å². The minimum atomic E-state index is 0.403. The molecule has 1 N–H and O–H groups in total. The third-order valence-electron chi connectivity index (χ3n) is 6.06. The first-order valence-electron chi connectivity index (χ1n) is 11.7. The maximum Gasteiger partial charge on any atom is 0.132 e. The van der Waals surface area contributed by atoms with Crippen molar-refractivity contribution in [1.29, 1.82) is 0 Å². The van der Waals surface area contributed by atoms with E-state index in [0.717, 1.165) is 53.1 Å². The number of anilines is 2. The molecule has 168 valence electrons. The van der Waals surface area contributed by atoms with Crippen LogP contribution in [0.5, 0.6) is 11.5 Å². The molecular weight excluding hydrogens is 398 g/mol. The second-order valence-corrected chi connectivity index (χ2v) is 8.61. The summed E-state index contributed by atoms with van der Waals surface area (Å²) in [6, 6.07) is 14.2. The van der Waals surface area contributed by atoms with Gasteiger partial charge in [-0.05, 0) is 61.6 Å². The van der Waals surface area contributed by atoms with Crippen LogP contribution in [0.1, 0.15) is 56.2 Å². The van der Waals surface area contributed by atoms with Gasteiger partial charge in [0.15, 0.2) is 0 Å². The van der Waals surface area contributed by atoms with E-state index < -0.39 is 0 Å². The highest BCUT2D eigenvalue weighted by molar-refractivity contribution is 5.65. The quantitative estimate of drug-likeness (QED) is 0.356. The van der Waals surface area contributed by atoms with E-state index in [1.54, 1.807) is 18.6 Å². The number of hydrogen-bond acceptors (Lipinski definition) is 5. The normalized spacial score (nSPS) is 14.2. The van der Waals surface area contributed by atoms with Crippen LogP contribution in [0.4, 0.5) is 11.4 Å². The van der Waals surface area contributed by atoms with E-state index in [0.29, 0.717) is 6.61 Å². The van der Waals surface area contributed by atoms with Gasteiger partial charge in [0.2, 0.25) is 0 Å². The van der Waals surface area contributed by atoms with Gasteiger partial charge < -0.3 is 14.8 Å². The molecule has 5 nitrogen and oxygen atoms in total. The number of aryl methyl sites for hydroxylation is 1. The molecule has 0 unspecified atom stereocenters. The molecule has 2 aromatic carbocycles. The Hall–Kier alpha value is -3.08. The summed E-state index contributed by atoms with van der Waals surface area (Å²) in [5.74, 6) is 2.64. The van der Waals surface area contributed by atoms with Crippen molar-refractivity contribution in [2.75, 3.05) is 11.9 Å². The minimum absolute atomic E-state index is 0.403. The maximum absolute atomic E-state index is 6.03. The Kier molecular flexibility index (Phi) is 7.96. The lowest BCUT2D eigenvalue weighted by Crippen LogP contribution is -2.08. The molecule has 0 bridgehead atoms. The van der Waals surface area contributed by atoms with E-state index in [2.05, 4.69) is 34.3 Å². The Balaban J connectivity index is 1.26. The first-order valence-corrected chi connectivity index (χ1v) is 11.7. The first kappa shape index (κ1) is 22.1. The van der Waals surface area contributed by atoms with Gasteiger partial charge in [-0.1, -0.05) is 38.2 Å². The van der Waals surface area contributed by atoms with Crippen LogP contribution in [-0.2, 0) is 6.61 Å². The van der Waals surface area contributed by atoms with Crippen LogP contribution >= 0.6 is 0 Å². The van der Waals surface area contributed by atoms with Gasteiger partial charge in [-0.15, -0.1) is 0 Å². The molecule has 0 amide bonds. The monoisotopic (exact) mass is 431 g/mol. The fourth-order valence-electron chi connectivity index (χ4n) is 4.28. The Morgan fingerprint density at radius 2 is 1.84 bits per heavy atom. The fraction of sp³-hybridized carbons (Fsp3) is 0.407. The molecule has 1 fully saturated rings. The molecule has 1 saturated carbocycles. The molecule has 32 heavy (non-hydrogen) atoms. The summed E-state index contributed by atoms with van der Waals surface area (Å²) in [5, 5.41) is 3.50. The largest absolute Gasteiger partial charge is 0.494 e. The molecule has 1 aromatic heterocycles. The Labute approximate surface area is 191 Å². The number of hydrogen-bond donors (Lipinski definition) is 1. The van der Waals surface area contributed by atoms with Crippen molar-refractivity contribution in [2.24, 2.45) is 5.92 Å². The van der Waals surface area contributed by atoms with Crippen molar-refractivity contribution < 1.29 is 9.47 Å². The summed E-state index contributed by atoms with van der Waals surface area (Å²) >= 11 is 0. The number of aromatic nitrogens is 2. The van der Waals surface area contributed by atoms with Crippen molar-refractivity contribution in [1.82, 2.24) is 9.97 Å². The summed E-state index contributed by atoms with van der Waals surface area (Å²) in [6.07, 6.45) is 14.5. The van der Waals surface area contributed by atoms with Gasteiger partial charge in [-0.25, -0.2) is 0 Å². The van der Waals surface area contributed by atoms with Crippen LogP contribution in [0, 0.1) is 12.8 Å². The zero-order valence-electron chi connectivity index (χ0n) is 18.9. The molecule has 4 rings (SSSR count). The second-order valence-electron chi connectivity index (χ2n) is 8.61. The molecule has 0 spiro atoms. The Morgan fingerprint density at radius 1 is 0.969 bits per heavy atom. The lowest BCUT2D eigenvalue weighted by atomic mass is 9.86. The van der Waals surface area contributed by atoms with Crippen molar-refractivity contribution >= 4 is 11.4 Å². The number of nitrogens with zero attached hydrogens (tertiary/aromatic N) is 2. The summed E-state index contributed by atoms with van der Waals surface area (Å²) in [7, 11) is 0. The van der Waals surface area contributed by atoms with Crippen molar-refractivity contribution in [3.8, 4) is 11.5 Å². The average molecular weight is 432 g/mol. The van der Waals surface area contributed by atoms with Crippen LogP contribution < -0.4 is 14.8 Å². The average Bonchev–Trinajstić information content (AvgIpc) is 2.84. The standard InChI is InChI=1S/C27H33N3O2/c1-21-17-26(32-20-24-19-28-14-15-29-24)12-13-27(21)30-23-10-5-11-25(18-23)31-16-6-9-22-7-3-2-4-8-22/h5,10-15,17-19,22,30H,2-4,6-9,16,20H2,1H3. The summed E-state index contributed by atoms with van der Waals surface area (Å²) < 4.78 is 11.9. The summed E-state index contributed by atoms with van der Waals surface area (Å²) in [6.45, 7) is 3.26. The number of benzene rings is 2. The molecule has 1 aliphatic carbocycles. The van der Waals surface area contributed by atoms with Gasteiger partial charge in [0.25, 0.3) is 0 Å². The fourth-order valence-corrected chi connectivity index (χ4v) is 4.28. The lowest BCUT2D eigenvalue weighted by Gasteiger charge is -2.21. The van der Waals surface area contributed by atoms with Crippen LogP contribution in [0.2, 0.25) is 0 Å². The van der Waals surface area contributed by atoms with Crippen molar-refractivity contribution in [3.05, 3.63) is 72.3 Å². The third kappa shape index (κ3) is 6.71. The number of nitrogens with one attached hydrogen (secondary N) is 1. The summed E-state index contributed by atoms with van der Waals surface area (Å²) in [5.41, 5.74) is 3.99. The van der Waals surface area contributed by atoms with Gasteiger partial charge in [0.05, 0.1) is 18.5 Å². The van der Waals surface area contributed by atoms with Gasteiger partial charge in [0, 0.05) is 29.8 Å². The SMILES string of the molecule is Cc1cc(OCc2cnccn2)ccc1Nc1cccc(OCCCC2CCCCC2)c1. The molecule has 0 radical (unpaired) electrons. The van der Waals surface area contributed by atoms with E-state index >= 15 is 0 Å². The van der Waals surface area contributed by atoms with E-state index in [9.17, 15) is 0 Å².